The maximum Gasteiger partial charge on any atom is 0.375 e. The van der Waals surface area contributed by atoms with Crippen LogP contribution in [0.2, 0.25) is 0 Å². The fourth-order valence-corrected chi connectivity index (χ4v) is 1.63. The molecule has 0 aromatic heterocycles. The number of esters is 2. The molecule has 108 valence electrons. The number of hydrogen-bond donors (Lipinski definition) is 0. The third-order valence-electron chi connectivity index (χ3n) is 2.48. The largest absolute Gasteiger partial charge is 0.465 e. The minimum atomic E-state index is -1.64. The van der Waals surface area contributed by atoms with Crippen LogP contribution in [0.25, 0.3) is 0 Å². The second kappa shape index (κ2) is 7.37. The summed E-state index contributed by atoms with van der Waals surface area (Å²) in [7, 11) is 0. The van der Waals surface area contributed by atoms with E-state index in [4.69, 9.17) is 4.74 Å². The molecule has 1 aromatic carbocycles. The van der Waals surface area contributed by atoms with Gasteiger partial charge in [0.2, 0.25) is 0 Å². The Balaban J connectivity index is 3.16. The van der Waals surface area contributed by atoms with E-state index < -0.39 is 29.5 Å². The monoisotopic (exact) mass is 282 g/mol. The average molecular weight is 282 g/mol. The molecule has 0 amide bonds. The highest BCUT2D eigenvalue weighted by Gasteiger charge is 2.37. The first kappa shape index (κ1) is 15.8. The number of hydrogen-bond acceptors (Lipinski definition) is 5. The van der Waals surface area contributed by atoms with E-state index in [1.165, 1.54) is 25.1 Å². The average Bonchev–Trinajstić information content (AvgIpc) is 2.41. The number of ketones is 1. The maximum atomic E-state index is 13.7. The van der Waals surface area contributed by atoms with Crippen molar-refractivity contribution >= 4 is 17.7 Å². The molecule has 0 aliphatic heterocycles. The first-order valence-corrected chi connectivity index (χ1v) is 6.14. The second-order valence-corrected chi connectivity index (χ2v) is 3.79. The molecule has 1 rings (SSSR count). The molecule has 0 bridgehead atoms. The van der Waals surface area contributed by atoms with E-state index in [1.807, 2.05) is 0 Å². The highest BCUT2D eigenvalue weighted by molar-refractivity contribution is 6.39. The van der Waals surface area contributed by atoms with Gasteiger partial charge in [0.05, 0.1) is 13.2 Å². The second-order valence-electron chi connectivity index (χ2n) is 3.79. The van der Waals surface area contributed by atoms with Crippen molar-refractivity contribution in [3.8, 4) is 0 Å². The summed E-state index contributed by atoms with van der Waals surface area (Å²) in [6.45, 7) is 3.07. The number of benzene rings is 1. The van der Waals surface area contributed by atoms with Crippen molar-refractivity contribution in [3.63, 3.8) is 0 Å². The van der Waals surface area contributed by atoms with Crippen LogP contribution in [0, 0.1) is 5.82 Å². The van der Waals surface area contributed by atoms with Gasteiger partial charge in [0.1, 0.15) is 5.82 Å². The van der Waals surface area contributed by atoms with Crippen LogP contribution in [0.5, 0.6) is 0 Å². The lowest BCUT2D eigenvalue weighted by atomic mass is 9.94. The van der Waals surface area contributed by atoms with E-state index in [-0.39, 0.29) is 18.8 Å². The highest BCUT2D eigenvalue weighted by Crippen LogP contribution is 2.22. The summed E-state index contributed by atoms with van der Waals surface area (Å²) >= 11 is 0. The van der Waals surface area contributed by atoms with Crippen LogP contribution in [0.15, 0.2) is 24.3 Å². The zero-order valence-electron chi connectivity index (χ0n) is 11.2. The highest BCUT2D eigenvalue weighted by atomic mass is 19.1. The van der Waals surface area contributed by atoms with Gasteiger partial charge >= 0.3 is 11.9 Å². The number of ether oxygens (including phenoxy) is 2. The van der Waals surface area contributed by atoms with E-state index in [0.29, 0.717) is 0 Å². The van der Waals surface area contributed by atoms with E-state index in [0.717, 1.165) is 6.07 Å². The molecular weight excluding hydrogens is 267 g/mol. The maximum absolute atomic E-state index is 13.7. The van der Waals surface area contributed by atoms with Crippen molar-refractivity contribution in [1.82, 2.24) is 0 Å². The topological polar surface area (TPSA) is 69.7 Å². The minimum Gasteiger partial charge on any atom is -0.465 e. The van der Waals surface area contributed by atoms with Crippen molar-refractivity contribution in [2.75, 3.05) is 13.2 Å². The molecule has 0 spiro atoms. The number of halogens is 1. The molecule has 0 saturated heterocycles. The Kier molecular flexibility index (Phi) is 5.83. The van der Waals surface area contributed by atoms with Gasteiger partial charge in [0.15, 0.2) is 5.92 Å². The fourth-order valence-electron chi connectivity index (χ4n) is 1.63. The number of rotatable bonds is 6. The number of carbonyl (C=O) groups excluding carboxylic acids is 3. The standard InChI is InChI=1S/C14H15FO5/c1-3-19-13(17)11(12(16)14(18)20-4-2)9-7-5-6-8-10(9)15/h5-8,11H,3-4H2,1-2H3/t11-/m1/s1. The lowest BCUT2D eigenvalue weighted by Gasteiger charge is -2.14. The minimum absolute atomic E-state index is 0.0138. The molecule has 5 nitrogen and oxygen atoms in total. The van der Waals surface area contributed by atoms with E-state index in [9.17, 15) is 18.8 Å². The Labute approximate surface area is 115 Å². The molecule has 0 aliphatic carbocycles. The summed E-state index contributed by atoms with van der Waals surface area (Å²) in [4.78, 5) is 35.3. The fraction of sp³-hybridized carbons (Fsp3) is 0.357. The predicted octanol–water partition coefficient (Wildman–Crippen LogP) is 1.60. The summed E-state index contributed by atoms with van der Waals surface area (Å²) in [5, 5.41) is 0. The van der Waals surface area contributed by atoms with Gasteiger partial charge in [0.25, 0.3) is 5.78 Å². The third kappa shape index (κ3) is 3.63. The normalized spacial score (nSPS) is 11.6. The molecule has 0 fully saturated rings. The first-order valence-electron chi connectivity index (χ1n) is 6.14. The Morgan fingerprint density at radius 2 is 1.70 bits per heavy atom. The molecule has 0 heterocycles. The van der Waals surface area contributed by atoms with E-state index in [2.05, 4.69) is 4.74 Å². The Bertz CT molecular complexity index is 512. The van der Waals surface area contributed by atoms with Crippen molar-refractivity contribution in [2.24, 2.45) is 0 Å². The van der Waals surface area contributed by atoms with Crippen molar-refractivity contribution in [1.29, 1.82) is 0 Å². The van der Waals surface area contributed by atoms with Gasteiger partial charge in [0, 0.05) is 5.56 Å². The summed E-state index contributed by atoms with van der Waals surface area (Å²) in [5.74, 6) is -5.71. The van der Waals surface area contributed by atoms with Crippen LogP contribution in [0.4, 0.5) is 4.39 Å². The van der Waals surface area contributed by atoms with Crippen LogP contribution in [-0.2, 0) is 23.9 Å². The molecule has 0 N–H and O–H groups in total. The quantitative estimate of drug-likeness (QED) is 0.450. The van der Waals surface area contributed by atoms with Crippen LogP contribution < -0.4 is 0 Å². The molecule has 6 heteroatoms. The summed E-state index contributed by atoms with van der Waals surface area (Å²) in [5.41, 5.74) is -0.205. The van der Waals surface area contributed by atoms with Crippen LogP contribution in [0.1, 0.15) is 25.3 Å². The SMILES string of the molecule is CCOC(=O)C(=O)[C@H](C(=O)OCC)c1ccccc1F. The molecule has 0 saturated carbocycles. The van der Waals surface area contributed by atoms with Gasteiger partial charge in [-0.15, -0.1) is 0 Å². The smallest absolute Gasteiger partial charge is 0.375 e. The van der Waals surface area contributed by atoms with Gasteiger partial charge < -0.3 is 9.47 Å². The Morgan fingerprint density at radius 3 is 2.25 bits per heavy atom. The Morgan fingerprint density at radius 1 is 1.10 bits per heavy atom. The van der Waals surface area contributed by atoms with E-state index >= 15 is 0 Å². The van der Waals surface area contributed by atoms with Gasteiger partial charge in [-0.3, -0.25) is 9.59 Å². The van der Waals surface area contributed by atoms with Gasteiger partial charge in [-0.1, -0.05) is 18.2 Å². The van der Waals surface area contributed by atoms with E-state index in [1.54, 1.807) is 6.92 Å². The number of Topliss-reactive ketones (excluding diaryl/α,β-unsaturated/α-hetero) is 1. The summed E-state index contributed by atoms with van der Waals surface area (Å²) in [6.07, 6.45) is 0. The first-order chi connectivity index (χ1) is 9.52. The van der Waals surface area contributed by atoms with Crippen molar-refractivity contribution < 1.29 is 28.2 Å². The predicted molar refractivity (Wildman–Crippen MR) is 67.4 cm³/mol. The van der Waals surface area contributed by atoms with Crippen LogP contribution >= 0.6 is 0 Å². The molecular formula is C14H15FO5. The lowest BCUT2D eigenvalue weighted by Crippen LogP contribution is -2.31. The summed E-state index contributed by atoms with van der Waals surface area (Å²) in [6, 6.07) is 5.23. The molecule has 20 heavy (non-hydrogen) atoms. The number of carbonyl (C=O) groups is 3. The van der Waals surface area contributed by atoms with Gasteiger partial charge in [-0.05, 0) is 19.9 Å². The molecule has 0 radical (unpaired) electrons. The van der Waals surface area contributed by atoms with Crippen molar-refractivity contribution in [3.05, 3.63) is 35.6 Å². The molecule has 0 aliphatic rings. The van der Waals surface area contributed by atoms with Gasteiger partial charge in [-0.25, -0.2) is 9.18 Å². The zero-order valence-corrected chi connectivity index (χ0v) is 11.2. The van der Waals surface area contributed by atoms with Crippen molar-refractivity contribution in [2.45, 2.75) is 19.8 Å². The Hall–Kier alpha value is -2.24. The van der Waals surface area contributed by atoms with Gasteiger partial charge in [-0.2, -0.15) is 0 Å². The molecule has 1 atom stereocenters. The van der Waals surface area contributed by atoms with Crippen LogP contribution in [0.3, 0.4) is 0 Å². The molecule has 0 unspecified atom stereocenters. The molecule has 1 aromatic rings. The summed E-state index contributed by atoms with van der Waals surface area (Å²) < 4.78 is 23.0. The van der Waals surface area contributed by atoms with Crippen LogP contribution in [-0.4, -0.2) is 30.9 Å². The zero-order chi connectivity index (χ0) is 15.1. The lowest BCUT2D eigenvalue weighted by molar-refractivity contribution is -0.159. The third-order valence-corrected chi connectivity index (χ3v) is 2.48.